The molecule has 0 N–H and O–H groups in total. The van der Waals surface area contributed by atoms with Gasteiger partial charge in [-0.3, -0.25) is 0 Å². The first-order valence-corrected chi connectivity index (χ1v) is 8.05. The van der Waals surface area contributed by atoms with Crippen LogP contribution < -0.4 is 0 Å². The molecule has 21 heavy (non-hydrogen) atoms. The topological polar surface area (TPSA) is 9.23 Å². The molecular weight excluding hydrogens is 303 g/mol. The monoisotopic (exact) mass is 322 g/mol. The first-order chi connectivity index (χ1) is 10.2. The lowest BCUT2D eigenvalue weighted by Gasteiger charge is -2.13. The largest absolute Gasteiger partial charge is 0.378 e. The Kier molecular flexibility index (Phi) is 7.08. The molecule has 0 aliphatic carbocycles. The molecule has 2 rings (SSSR count). The molecule has 0 fully saturated rings. The Morgan fingerprint density at radius 1 is 0.667 bits per heavy atom. The van der Waals surface area contributed by atoms with Gasteiger partial charge < -0.3 is 4.74 Å². The van der Waals surface area contributed by atoms with Crippen molar-refractivity contribution in [2.45, 2.75) is 23.6 Å². The minimum atomic E-state index is -0.0204. The fraction of sp³-hybridized carbons (Fsp3) is 0.333. The highest BCUT2D eigenvalue weighted by Gasteiger charge is 2.10. The summed E-state index contributed by atoms with van der Waals surface area (Å²) >= 11 is 12.6. The number of rotatable bonds is 8. The average Bonchev–Trinajstić information content (AvgIpc) is 2.49. The maximum Gasteiger partial charge on any atom is 0.0634 e. The van der Waals surface area contributed by atoms with E-state index in [9.17, 15) is 0 Å². The molecular formula is C18H20Cl2O. The van der Waals surface area contributed by atoms with E-state index in [4.69, 9.17) is 27.9 Å². The molecule has 0 heterocycles. The molecule has 0 unspecified atom stereocenters. The van der Waals surface area contributed by atoms with Crippen molar-refractivity contribution in [3.05, 3.63) is 71.8 Å². The van der Waals surface area contributed by atoms with E-state index in [0.29, 0.717) is 13.2 Å². The van der Waals surface area contributed by atoms with Gasteiger partial charge in [-0.25, -0.2) is 0 Å². The van der Waals surface area contributed by atoms with Gasteiger partial charge in [-0.15, -0.1) is 23.2 Å². The Morgan fingerprint density at radius 2 is 1.05 bits per heavy atom. The zero-order valence-electron chi connectivity index (χ0n) is 11.9. The lowest BCUT2D eigenvalue weighted by Crippen LogP contribution is -2.18. The summed E-state index contributed by atoms with van der Waals surface area (Å²) in [4.78, 5) is 0. The van der Waals surface area contributed by atoms with E-state index in [2.05, 4.69) is 24.3 Å². The molecule has 2 atom stereocenters. The molecule has 0 saturated heterocycles. The maximum atomic E-state index is 6.29. The Bertz CT molecular complexity index is 454. The lowest BCUT2D eigenvalue weighted by atomic mass is 10.1. The number of hydrogen-bond acceptors (Lipinski definition) is 1. The van der Waals surface area contributed by atoms with Crippen molar-refractivity contribution in [2.75, 3.05) is 13.2 Å². The van der Waals surface area contributed by atoms with Crippen molar-refractivity contribution in [2.24, 2.45) is 0 Å². The summed E-state index contributed by atoms with van der Waals surface area (Å²) in [6, 6.07) is 20.4. The van der Waals surface area contributed by atoms with Crippen molar-refractivity contribution in [3.63, 3.8) is 0 Å². The van der Waals surface area contributed by atoms with Gasteiger partial charge in [0.05, 0.1) is 24.0 Å². The van der Waals surface area contributed by atoms with Crippen LogP contribution in [-0.2, 0) is 17.6 Å². The molecule has 0 spiro atoms. The molecule has 0 radical (unpaired) electrons. The molecule has 0 aromatic heterocycles. The summed E-state index contributed by atoms with van der Waals surface area (Å²) in [6.45, 7) is 1.04. The molecule has 2 aromatic carbocycles. The SMILES string of the molecule is Cl[C@H](COC[C@H](Cl)Cc1ccccc1)Cc1ccccc1. The van der Waals surface area contributed by atoms with Gasteiger partial charge in [0, 0.05) is 0 Å². The minimum Gasteiger partial charge on any atom is -0.378 e. The van der Waals surface area contributed by atoms with Gasteiger partial charge in [0.15, 0.2) is 0 Å². The molecule has 0 aliphatic heterocycles. The van der Waals surface area contributed by atoms with Crippen LogP contribution in [0.25, 0.3) is 0 Å². The quantitative estimate of drug-likeness (QED) is 0.640. The summed E-state index contributed by atoms with van der Waals surface area (Å²) in [5, 5.41) is -0.0408. The van der Waals surface area contributed by atoms with Crippen LogP contribution in [0.1, 0.15) is 11.1 Å². The third kappa shape index (κ3) is 6.52. The summed E-state index contributed by atoms with van der Waals surface area (Å²) in [6.07, 6.45) is 1.63. The minimum absolute atomic E-state index is 0.0204. The summed E-state index contributed by atoms with van der Waals surface area (Å²) in [5.74, 6) is 0. The van der Waals surface area contributed by atoms with E-state index in [1.54, 1.807) is 0 Å². The number of benzene rings is 2. The first kappa shape index (κ1) is 16.4. The highest BCUT2D eigenvalue weighted by molar-refractivity contribution is 6.21. The Morgan fingerprint density at radius 3 is 1.43 bits per heavy atom. The zero-order chi connectivity index (χ0) is 14.9. The molecule has 0 aliphatic rings. The van der Waals surface area contributed by atoms with Crippen LogP contribution in [0.15, 0.2) is 60.7 Å². The second-order valence-corrected chi connectivity index (χ2v) is 6.35. The molecule has 1 nitrogen and oxygen atoms in total. The normalized spacial score (nSPS) is 13.8. The summed E-state index contributed by atoms with van der Waals surface area (Å²) in [7, 11) is 0. The molecule has 0 bridgehead atoms. The van der Waals surface area contributed by atoms with Crippen LogP contribution >= 0.6 is 23.2 Å². The fourth-order valence-electron chi connectivity index (χ4n) is 2.18. The van der Waals surface area contributed by atoms with Crippen molar-refractivity contribution < 1.29 is 4.74 Å². The van der Waals surface area contributed by atoms with Crippen molar-refractivity contribution in [3.8, 4) is 0 Å². The number of alkyl halides is 2. The lowest BCUT2D eigenvalue weighted by molar-refractivity contribution is 0.134. The van der Waals surface area contributed by atoms with Gasteiger partial charge in [-0.05, 0) is 24.0 Å². The van der Waals surface area contributed by atoms with E-state index in [1.165, 1.54) is 11.1 Å². The van der Waals surface area contributed by atoms with Crippen molar-refractivity contribution >= 4 is 23.2 Å². The zero-order valence-corrected chi connectivity index (χ0v) is 13.4. The third-order valence-electron chi connectivity index (χ3n) is 3.20. The molecule has 0 amide bonds. The van der Waals surface area contributed by atoms with Gasteiger partial charge in [-0.1, -0.05) is 60.7 Å². The number of hydrogen-bond donors (Lipinski definition) is 0. The predicted molar refractivity (Wildman–Crippen MR) is 90.4 cm³/mol. The average molecular weight is 323 g/mol. The van der Waals surface area contributed by atoms with E-state index in [1.807, 2.05) is 36.4 Å². The van der Waals surface area contributed by atoms with Crippen molar-refractivity contribution in [1.82, 2.24) is 0 Å². The highest BCUT2D eigenvalue weighted by atomic mass is 35.5. The van der Waals surface area contributed by atoms with Crippen molar-refractivity contribution in [1.29, 1.82) is 0 Å². The summed E-state index contributed by atoms with van der Waals surface area (Å²) in [5.41, 5.74) is 2.46. The van der Waals surface area contributed by atoms with Crippen LogP contribution in [0.3, 0.4) is 0 Å². The van der Waals surface area contributed by atoms with Crippen LogP contribution in [0, 0.1) is 0 Å². The molecule has 0 saturated carbocycles. The molecule has 3 heteroatoms. The third-order valence-corrected chi connectivity index (χ3v) is 3.76. The Labute approximate surface area is 136 Å². The van der Waals surface area contributed by atoms with Gasteiger partial charge in [0.25, 0.3) is 0 Å². The van der Waals surface area contributed by atoms with Gasteiger partial charge in [0.2, 0.25) is 0 Å². The first-order valence-electron chi connectivity index (χ1n) is 7.18. The van der Waals surface area contributed by atoms with Crippen LogP contribution in [0.2, 0.25) is 0 Å². The smallest absolute Gasteiger partial charge is 0.0634 e. The maximum absolute atomic E-state index is 6.29. The van der Waals surface area contributed by atoms with Crippen LogP contribution in [-0.4, -0.2) is 24.0 Å². The number of ether oxygens (including phenoxy) is 1. The van der Waals surface area contributed by atoms with Gasteiger partial charge in [0.1, 0.15) is 0 Å². The fourth-order valence-corrected chi connectivity index (χ4v) is 2.72. The molecule has 2 aromatic rings. The summed E-state index contributed by atoms with van der Waals surface area (Å²) < 4.78 is 5.64. The second kappa shape index (κ2) is 9.09. The van der Waals surface area contributed by atoms with E-state index in [0.717, 1.165) is 12.8 Å². The predicted octanol–water partition coefficient (Wildman–Crippen LogP) is 4.70. The van der Waals surface area contributed by atoms with Gasteiger partial charge >= 0.3 is 0 Å². The number of halogens is 2. The van der Waals surface area contributed by atoms with E-state index < -0.39 is 0 Å². The Hall–Kier alpha value is -1.02. The Balaban J connectivity index is 1.64. The van der Waals surface area contributed by atoms with Gasteiger partial charge in [-0.2, -0.15) is 0 Å². The standard InChI is InChI=1S/C18H20Cl2O/c19-17(11-15-7-3-1-4-8-15)13-21-14-18(20)12-16-9-5-2-6-10-16/h1-10,17-18H,11-14H2/t17-,18+. The van der Waals surface area contributed by atoms with Crippen LogP contribution in [0.5, 0.6) is 0 Å². The second-order valence-electron chi connectivity index (χ2n) is 5.11. The van der Waals surface area contributed by atoms with Crippen LogP contribution in [0.4, 0.5) is 0 Å². The molecule has 112 valence electrons. The highest BCUT2D eigenvalue weighted by Crippen LogP contribution is 2.11. The van der Waals surface area contributed by atoms with E-state index in [-0.39, 0.29) is 10.8 Å². The van der Waals surface area contributed by atoms with E-state index >= 15 is 0 Å².